The fraction of sp³-hybridized carbons (Fsp3) is 0.100. The van der Waals surface area contributed by atoms with Gasteiger partial charge in [0.1, 0.15) is 5.75 Å². The zero-order chi connectivity index (χ0) is 13.1. The van der Waals surface area contributed by atoms with Gasteiger partial charge in [0.15, 0.2) is 0 Å². The maximum Gasteiger partial charge on any atom is 0.286 e. The molecule has 0 atom stereocenters. The summed E-state index contributed by atoms with van der Waals surface area (Å²) in [7, 11) is 1.52. The molecule has 0 fully saturated rings. The van der Waals surface area contributed by atoms with E-state index in [1.54, 1.807) is 18.2 Å². The molecule has 0 radical (unpaired) electrons. The maximum atomic E-state index is 11.8. The summed E-state index contributed by atoms with van der Waals surface area (Å²) in [4.78, 5) is 11.8. The minimum atomic E-state index is -0.384. The quantitative estimate of drug-likeness (QED) is 0.900. The maximum absolute atomic E-state index is 11.8. The van der Waals surface area contributed by atoms with E-state index >= 15 is 0 Å². The Balaban J connectivity index is 2.14. The molecule has 0 aliphatic rings. The molecule has 0 bridgehead atoms. The van der Waals surface area contributed by atoms with Crippen LogP contribution in [0.2, 0.25) is 5.02 Å². The van der Waals surface area contributed by atoms with Crippen molar-refractivity contribution in [2.75, 3.05) is 18.2 Å². The van der Waals surface area contributed by atoms with Gasteiger partial charge in [0.25, 0.3) is 5.91 Å². The highest BCUT2D eigenvalue weighted by Gasteiger charge is 2.12. The average Bonchev–Trinajstić information content (AvgIpc) is 2.76. The van der Waals surface area contributed by atoms with Gasteiger partial charge in [-0.25, -0.2) is 0 Å². The van der Waals surface area contributed by atoms with Crippen LogP contribution in [0.5, 0.6) is 5.75 Å². The van der Waals surface area contributed by atoms with E-state index in [2.05, 4.69) is 15.5 Å². The van der Waals surface area contributed by atoms with Gasteiger partial charge in [-0.2, -0.15) is 0 Å². The van der Waals surface area contributed by atoms with Crippen molar-refractivity contribution in [1.29, 1.82) is 0 Å². The Hall–Kier alpha value is -1.86. The lowest BCUT2D eigenvalue weighted by molar-refractivity contribution is 0.102. The van der Waals surface area contributed by atoms with E-state index in [1.807, 2.05) is 0 Å². The third-order valence-electron chi connectivity index (χ3n) is 2.04. The van der Waals surface area contributed by atoms with Gasteiger partial charge in [-0.3, -0.25) is 4.79 Å². The van der Waals surface area contributed by atoms with Crippen LogP contribution in [0, 0.1) is 0 Å². The minimum absolute atomic E-state index is 0.194. The van der Waals surface area contributed by atoms with Crippen molar-refractivity contribution < 1.29 is 9.53 Å². The van der Waals surface area contributed by atoms with Crippen molar-refractivity contribution >= 4 is 39.7 Å². The second-order valence-electron chi connectivity index (χ2n) is 3.25. The first kappa shape index (κ1) is 12.6. The second-order valence-corrected chi connectivity index (χ2v) is 4.67. The van der Waals surface area contributed by atoms with Gasteiger partial charge in [-0.05, 0) is 18.2 Å². The highest BCUT2D eigenvalue weighted by atomic mass is 35.5. The number of halogens is 1. The summed E-state index contributed by atoms with van der Waals surface area (Å²) in [6, 6.07) is 4.92. The molecule has 0 saturated heterocycles. The summed E-state index contributed by atoms with van der Waals surface area (Å²) < 4.78 is 5.01. The molecular formula is C10H9ClN4O2S. The fourth-order valence-corrected chi connectivity index (χ4v) is 2.02. The number of carbonyl (C=O) groups excluding carboxylic acids is 1. The van der Waals surface area contributed by atoms with Crippen molar-refractivity contribution in [2.24, 2.45) is 0 Å². The van der Waals surface area contributed by atoms with Gasteiger partial charge in [-0.1, -0.05) is 22.9 Å². The summed E-state index contributed by atoms with van der Waals surface area (Å²) in [5.41, 5.74) is 5.94. The number of methoxy groups -OCH3 is 1. The van der Waals surface area contributed by atoms with Crippen LogP contribution in [-0.2, 0) is 0 Å². The molecule has 6 nitrogen and oxygen atoms in total. The number of hydrogen-bond donors (Lipinski definition) is 2. The number of nitrogens with zero attached hydrogens (tertiary/aromatic N) is 2. The monoisotopic (exact) mass is 284 g/mol. The molecule has 0 unspecified atom stereocenters. The minimum Gasteiger partial charge on any atom is -0.495 e. The van der Waals surface area contributed by atoms with Crippen molar-refractivity contribution in [2.45, 2.75) is 0 Å². The number of ether oxygens (including phenoxy) is 1. The molecule has 8 heteroatoms. The van der Waals surface area contributed by atoms with E-state index in [-0.39, 0.29) is 16.0 Å². The Kier molecular flexibility index (Phi) is 3.63. The first-order valence-corrected chi connectivity index (χ1v) is 6.03. The number of hydrogen-bond acceptors (Lipinski definition) is 6. The fourth-order valence-electron chi connectivity index (χ4n) is 1.26. The highest BCUT2D eigenvalue weighted by Crippen LogP contribution is 2.27. The van der Waals surface area contributed by atoms with E-state index in [0.29, 0.717) is 16.5 Å². The molecule has 1 heterocycles. The molecular weight excluding hydrogens is 276 g/mol. The van der Waals surface area contributed by atoms with E-state index in [4.69, 9.17) is 22.1 Å². The molecule has 1 aromatic carbocycles. The third-order valence-corrected chi connectivity index (χ3v) is 3.09. The van der Waals surface area contributed by atoms with E-state index < -0.39 is 0 Å². The Morgan fingerprint density at radius 2 is 2.28 bits per heavy atom. The molecule has 0 spiro atoms. The number of nitrogens with one attached hydrogen (secondary N) is 1. The first-order valence-electron chi connectivity index (χ1n) is 4.84. The molecule has 1 aromatic heterocycles. The van der Waals surface area contributed by atoms with Gasteiger partial charge >= 0.3 is 0 Å². The molecule has 1 amide bonds. The summed E-state index contributed by atoms with van der Waals surface area (Å²) in [5, 5.41) is 10.7. The lowest BCUT2D eigenvalue weighted by atomic mass is 10.3. The van der Waals surface area contributed by atoms with Crippen LogP contribution in [0.1, 0.15) is 9.80 Å². The summed E-state index contributed by atoms with van der Waals surface area (Å²) in [6.45, 7) is 0. The van der Waals surface area contributed by atoms with Gasteiger partial charge in [0.05, 0.1) is 12.1 Å². The van der Waals surface area contributed by atoms with Crippen molar-refractivity contribution in [1.82, 2.24) is 10.2 Å². The number of rotatable bonds is 3. The summed E-state index contributed by atoms with van der Waals surface area (Å²) >= 11 is 6.95. The van der Waals surface area contributed by atoms with Crippen LogP contribution in [-0.4, -0.2) is 23.2 Å². The van der Waals surface area contributed by atoms with Crippen LogP contribution in [0.25, 0.3) is 0 Å². The van der Waals surface area contributed by atoms with Gasteiger partial charge < -0.3 is 15.8 Å². The van der Waals surface area contributed by atoms with Crippen LogP contribution < -0.4 is 15.8 Å². The lowest BCUT2D eigenvalue weighted by Gasteiger charge is -2.06. The number of aromatic nitrogens is 2. The number of nitrogens with two attached hydrogens (primary N) is 1. The van der Waals surface area contributed by atoms with Gasteiger partial charge in [-0.15, -0.1) is 10.2 Å². The van der Waals surface area contributed by atoms with E-state index in [9.17, 15) is 4.79 Å². The molecule has 0 saturated carbocycles. The summed E-state index contributed by atoms with van der Waals surface area (Å²) in [5.74, 6) is 0.153. The molecule has 0 aliphatic heterocycles. The molecule has 94 valence electrons. The molecule has 18 heavy (non-hydrogen) atoms. The zero-order valence-corrected chi connectivity index (χ0v) is 10.9. The standard InChI is InChI=1S/C10H9ClN4O2S/c1-17-7-3-2-5(4-6(7)11)13-8(16)9-14-15-10(12)18-9/h2-4H,1H3,(H2,12,15)(H,13,16). The zero-order valence-electron chi connectivity index (χ0n) is 9.31. The predicted molar refractivity (Wildman–Crippen MR) is 70.3 cm³/mol. The average molecular weight is 285 g/mol. The van der Waals surface area contributed by atoms with Crippen molar-refractivity contribution in [3.8, 4) is 5.75 Å². The smallest absolute Gasteiger partial charge is 0.286 e. The SMILES string of the molecule is COc1ccc(NC(=O)c2nnc(N)s2)cc1Cl. The van der Waals surface area contributed by atoms with Crippen molar-refractivity contribution in [3.63, 3.8) is 0 Å². The second kappa shape index (κ2) is 5.19. The van der Waals surface area contributed by atoms with Crippen LogP contribution >= 0.6 is 22.9 Å². The molecule has 2 rings (SSSR count). The van der Waals surface area contributed by atoms with E-state index in [0.717, 1.165) is 11.3 Å². The van der Waals surface area contributed by atoms with Crippen LogP contribution in [0.4, 0.5) is 10.8 Å². The number of amides is 1. The van der Waals surface area contributed by atoms with Gasteiger partial charge in [0.2, 0.25) is 10.1 Å². The number of anilines is 2. The largest absolute Gasteiger partial charge is 0.495 e. The predicted octanol–water partition coefficient (Wildman–Crippen LogP) is 2.03. The topological polar surface area (TPSA) is 90.1 Å². The summed E-state index contributed by atoms with van der Waals surface area (Å²) in [6.07, 6.45) is 0. The van der Waals surface area contributed by atoms with E-state index in [1.165, 1.54) is 7.11 Å². The number of nitrogen functional groups attached to an aromatic ring is 1. The third kappa shape index (κ3) is 2.69. The Labute approximate surface area is 112 Å². The molecule has 0 aliphatic carbocycles. The normalized spacial score (nSPS) is 10.1. The number of carbonyl (C=O) groups is 1. The molecule has 2 aromatic rings. The van der Waals surface area contributed by atoms with Gasteiger partial charge in [0, 0.05) is 5.69 Å². The van der Waals surface area contributed by atoms with Crippen LogP contribution in [0.15, 0.2) is 18.2 Å². The Bertz CT molecular complexity index is 587. The number of benzene rings is 1. The lowest BCUT2D eigenvalue weighted by Crippen LogP contribution is -2.11. The van der Waals surface area contributed by atoms with Crippen molar-refractivity contribution in [3.05, 3.63) is 28.2 Å². The first-order chi connectivity index (χ1) is 8.60. The Morgan fingerprint density at radius 1 is 1.50 bits per heavy atom. The highest BCUT2D eigenvalue weighted by molar-refractivity contribution is 7.16. The Morgan fingerprint density at radius 3 is 2.83 bits per heavy atom. The molecule has 3 N–H and O–H groups in total. The van der Waals surface area contributed by atoms with Crippen LogP contribution in [0.3, 0.4) is 0 Å².